The van der Waals surface area contributed by atoms with E-state index >= 15 is 0 Å². The van der Waals surface area contributed by atoms with Crippen molar-refractivity contribution in [2.75, 3.05) is 32.4 Å². The van der Waals surface area contributed by atoms with E-state index in [1.165, 1.54) is 38.2 Å². The van der Waals surface area contributed by atoms with Crippen LogP contribution in [0.25, 0.3) is 0 Å². The van der Waals surface area contributed by atoms with Crippen LogP contribution in [0.4, 0.5) is 34.0 Å². The molecule has 2 amide bonds. The molecule has 5 rings (SSSR count). The molecule has 1 aliphatic heterocycles. The summed E-state index contributed by atoms with van der Waals surface area (Å²) >= 11 is 8.17. The van der Waals surface area contributed by atoms with Gasteiger partial charge in [-0.15, -0.1) is 11.8 Å². The summed E-state index contributed by atoms with van der Waals surface area (Å²) in [5.41, 5.74) is -1.44. The van der Waals surface area contributed by atoms with Gasteiger partial charge in [-0.1, -0.05) is 11.6 Å². The van der Waals surface area contributed by atoms with Crippen LogP contribution in [-0.4, -0.2) is 71.8 Å². The van der Waals surface area contributed by atoms with E-state index in [0.29, 0.717) is 28.9 Å². The first kappa shape index (κ1) is 40.0. The number of nitrogens with one attached hydrogen (secondary N) is 2. The maximum absolute atomic E-state index is 14.3. The van der Waals surface area contributed by atoms with Gasteiger partial charge in [0, 0.05) is 24.2 Å². The second kappa shape index (κ2) is 17.2. The number of carbonyl (C=O) groups excluding carboxylic acids is 2. The number of halogens is 5. The Labute approximate surface area is 304 Å². The lowest BCUT2D eigenvalue weighted by Crippen LogP contribution is -2.36. The monoisotopic (exact) mass is 810 g/mol. The van der Waals surface area contributed by atoms with E-state index in [0.717, 1.165) is 54.3 Å². The Morgan fingerprint density at radius 3 is 2.35 bits per heavy atom. The SMILES string of the molecule is COC(=O)CSc1cc(/N=c2\sc(=O)n3n2CCCC3)c(F)cc1Cl.COc1cc(OC)nc(NC(=O)NS(=O)(=O)c2ncccc2C(F)(F)F)n1. The van der Waals surface area contributed by atoms with E-state index in [2.05, 4.69) is 24.7 Å². The molecule has 4 aromatic rings. The maximum Gasteiger partial charge on any atom is 0.419 e. The van der Waals surface area contributed by atoms with Gasteiger partial charge in [-0.25, -0.2) is 28.6 Å². The molecule has 4 heterocycles. The van der Waals surface area contributed by atoms with Crippen LogP contribution in [0, 0.1) is 5.82 Å². The Kier molecular flexibility index (Phi) is 13.2. The van der Waals surface area contributed by atoms with Crippen LogP contribution >= 0.6 is 34.7 Å². The summed E-state index contributed by atoms with van der Waals surface area (Å²) in [5.74, 6) is -1.35. The van der Waals surface area contributed by atoms with Crippen LogP contribution in [0.2, 0.25) is 5.02 Å². The van der Waals surface area contributed by atoms with Crippen LogP contribution in [0.3, 0.4) is 0 Å². The third kappa shape index (κ3) is 10.2. The summed E-state index contributed by atoms with van der Waals surface area (Å²) < 4.78 is 96.4. The molecule has 0 saturated heterocycles. The van der Waals surface area contributed by atoms with Crippen molar-refractivity contribution in [2.24, 2.45) is 4.99 Å². The quantitative estimate of drug-likeness (QED) is 0.139. The molecule has 0 radical (unpaired) electrons. The number of pyridine rings is 1. The molecule has 3 aromatic heterocycles. The molecular weight excluding hydrogens is 784 g/mol. The highest BCUT2D eigenvalue weighted by atomic mass is 35.5. The largest absolute Gasteiger partial charge is 0.481 e. The number of amides is 2. The number of alkyl halides is 3. The minimum Gasteiger partial charge on any atom is -0.481 e. The van der Waals surface area contributed by atoms with E-state index in [-0.39, 0.29) is 33.1 Å². The molecule has 0 aliphatic carbocycles. The van der Waals surface area contributed by atoms with Gasteiger partial charge in [0.25, 0.3) is 10.0 Å². The lowest BCUT2D eigenvalue weighted by Gasteiger charge is -2.15. The summed E-state index contributed by atoms with van der Waals surface area (Å²) in [7, 11) is -1.09. The Hall–Kier alpha value is -4.74. The zero-order chi connectivity index (χ0) is 38.2. The average Bonchev–Trinajstić information content (AvgIpc) is 3.42. The van der Waals surface area contributed by atoms with E-state index < -0.39 is 50.6 Å². The number of benzene rings is 1. The van der Waals surface area contributed by atoms with Gasteiger partial charge in [0.15, 0.2) is 5.03 Å². The van der Waals surface area contributed by atoms with Crippen molar-refractivity contribution >= 4 is 68.4 Å². The normalized spacial score (nSPS) is 13.0. The van der Waals surface area contributed by atoms with Crippen LogP contribution in [0.1, 0.15) is 18.4 Å². The van der Waals surface area contributed by atoms with Crippen LogP contribution < -0.4 is 29.2 Å². The highest BCUT2D eigenvalue weighted by Gasteiger charge is 2.38. The fourth-order valence-electron chi connectivity index (χ4n) is 4.22. The number of anilines is 1. The molecule has 16 nitrogen and oxygen atoms in total. The molecule has 24 heteroatoms. The lowest BCUT2D eigenvalue weighted by molar-refractivity contribution is -0.140. The number of urea groups is 1. The molecule has 0 saturated carbocycles. The van der Waals surface area contributed by atoms with Crippen LogP contribution in [0.5, 0.6) is 11.8 Å². The third-order valence-corrected chi connectivity index (χ3v) is 10.2. The number of carbonyl (C=O) groups is 2. The number of thioether (sulfide) groups is 1. The molecular formula is C28H27ClF4N8O8S3. The summed E-state index contributed by atoms with van der Waals surface area (Å²) in [5, 5.41) is 0.804. The summed E-state index contributed by atoms with van der Waals surface area (Å²) in [4.78, 5) is 51.0. The van der Waals surface area contributed by atoms with E-state index in [1.807, 2.05) is 5.32 Å². The molecule has 1 aliphatic rings. The standard InChI is InChI=1S/C15H15ClFN3O3S2.C13H12F3N5O5S/c1-23-13(21)8-24-12-7-11(10(17)6-9(12)16)18-14-19-4-2-3-5-20(19)15(22)25-14;1-25-8-6-9(26-2)19-11(18-8)20-12(22)21-27(23,24)10-7(13(14,15)16)4-3-5-17-10/h6-7H,2-5,8H2,1H3;3-6H,1-2H3,(H2,18,19,20,21,22)/b18-14-;. The van der Waals surface area contributed by atoms with Crippen molar-refractivity contribution in [2.45, 2.75) is 42.0 Å². The first-order valence-corrected chi connectivity index (χ1v) is 18.1. The minimum atomic E-state index is -4.99. The number of hydrogen-bond acceptors (Lipinski definition) is 14. The number of aromatic nitrogens is 5. The predicted molar refractivity (Wildman–Crippen MR) is 179 cm³/mol. The van der Waals surface area contributed by atoms with Crippen molar-refractivity contribution in [3.63, 3.8) is 0 Å². The molecule has 280 valence electrons. The number of methoxy groups -OCH3 is 3. The fraction of sp³-hybridized carbons (Fsp3) is 0.321. The number of sulfonamides is 1. The van der Waals surface area contributed by atoms with Gasteiger partial charge in [0.05, 0.1) is 43.7 Å². The average molecular weight is 811 g/mol. The molecule has 1 aromatic carbocycles. The van der Waals surface area contributed by atoms with E-state index in [9.17, 15) is 40.4 Å². The van der Waals surface area contributed by atoms with Crippen molar-refractivity contribution < 1.29 is 49.8 Å². The first-order valence-electron chi connectivity index (χ1n) is 14.4. The van der Waals surface area contributed by atoms with Crippen LogP contribution in [-0.2, 0) is 38.8 Å². The van der Waals surface area contributed by atoms with Crippen LogP contribution in [0.15, 0.2) is 56.2 Å². The van der Waals surface area contributed by atoms with Gasteiger partial charge >= 0.3 is 23.0 Å². The van der Waals surface area contributed by atoms with Gasteiger partial charge in [-0.05, 0) is 48.4 Å². The second-order valence-corrected chi connectivity index (χ2v) is 13.9. The first-order chi connectivity index (χ1) is 24.6. The predicted octanol–water partition coefficient (Wildman–Crippen LogP) is 4.21. The van der Waals surface area contributed by atoms with Gasteiger partial charge in [-0.2, -0.15) is 31.6 Å². The zero-order valence-electron chi connectivity index (χ0n) is 27.1. The molecule has 0 fully saturated rings. The highest BCUT2D eigenvalue weighted by molar-refractivity contribution is 8.00. The number of ether oxygens (including phenoxy) is 3. The molecule has 0 unspecified atom stereocenters. The second-order valence-electron chi connectivity index (χ2n) is 10.0. The zero-order valence-corrected chi connectivity index (χ0v) is 30.3. The lowest BCUT2D eigenvalue weighted by atomic mass is 10.3. The van der Waals surface area contributed by atoms with Gasteiger partial charge in [0.1, 0.15) is 11.5 Å². The summed E-state index contributed by atoms with van der Waals surface area (Å²) in [6, 6.07) is 3.95. The minimum absolute atomic E-state index is 0.0101. The maximum atomic E-state index is 14.3. The number of hydrogen-bond donors (Lipinski definition) is 2. The van der Waals surface area contributed by atoms with E-state index in [1.54, 1.807) is 9.36 Å². The number of esters is 1. The Morgan fingerprint density at radius 2 is 1.73 bits per heavy atom. The highest BCUT2D eigenvalue weighted by Crippen LogP contribution is 2.34. The van der Waals surface area contributed by atoms with Gasteiger partial charge < -0.3 is 14.2 Å². The topological polar surface area (TPSA) is 198 Å². The van der Waals surface area contributed by atoms with E-state index in [4.69, 9.17) is 21.1 Å². The summed E-state index contributed by atoms with van der Waals surface area (Å²) in [6.07, 6.45) is -2.25. The summed E-state index contributed by atoms with van der Waals surface area (Å²) in [6.45, 7) is 1.32. The van der Waals surface area contributed by atoms with Crippen molar-refractivity contribution in [3.8, 4) is 11.8 Å². The third-order valence-electron chi connectivity index (χ3n) is 6.56. The molecule has 0 atom stereocenters. The van der Waals surface area contributed by atoms with Crippen molar-refractivity contribution in [3.05, 3.63) is 67.4 Å². The smallest absolute Gasteiger partial charge is 0.419 e. The molecule has 52 heavy (non-hydrogen) atoms. The fourth-order valence-corrected chi connectivity index (χ4v) is 7.27. The van der Waals surface area contributed by atoms with Gasteiger partial charge in [-0.3, -0.25) is 19.6 Å². The van der Waals surface area contributed by atoms with Crippen molar-refractivity contribution in [1.29, 1.82) is 0 Å². The molecule has 0 spiro atoms. The molecule has 2 N–H and O–H groups in total. The Bertz CT molecular complexity index is 2170. The number of fused-ring (bicyclic) bond motifs is 1. The Morgan fingerprint density at radius 1 is 1.08 bits per heavy atom. The van der Waals surface area contributed by atoms with Crippen molar-refractivity contribution in [1.82, 2.24) is 29.0 Å². The Balaban J connectivity index is 0.000000233. The van der Waals surface area contributed by atoms with Gasteiger partial charge in [0.2, 0.25) is 22.5 Å². The molecule has 0 bridgehead atoms. The number of nitrogens with zero attached hydrogens (tertiary/aromatic N) is 6. The number of rotatable bonds is 9.